The minimum Gasteiger partial charge on any atom is -0.431 e. The minimum atomic E-state index is -0.696. The monoisotopic (exact) mass is 248 g/mol. The fourth-order valence-corrected chi connectivity index (χ4v) is 1.25. The Balaban J connectivity index is 1.56. The van der Waals surface area contributed by atoms with Gasteiger partial charge >= 0.3 is 12.3 Å². The molecule has 17 heavy (non-hydrogen) atoms. The first-order valence-electron chi connectivity index (χ1n) is 5.06. The van der Waals surface area contributed by atoms with E-state index in [2.05, 4.69) is 18.9 Å². The highest BCUT2D eigenvalue weighted by Gasteiger charge is 2.24. The number of hydrogen-bond acceptors (Lipinski definition) is 8. The molecule has 0 spiro atoms. The Labute approximate surface area is 96.7 Å². The summed E-state index contributed by atoms with van der Waals surface area (Å²) in [5.74, 6) is 0. The zero-order valence-electron chi connectivity index (χ0n) is 8.96. The predicted molar refractivity (Wildman–Crippen MR) is 49.2 cm³/mol. The van der Waals surface area contributed by atoms with Crippen LogP contribution in [0.2, 0.25) is 0 Å². The lowest BCUT2D eigenvalue weighted by Gasteiger charge is -2.25. The third-order valence-electron chi connectivity index (χ3n) is 2.16. The van der Waals surface area contributed by atoms with Gasteiger partial charge in [0.1, 0.15) is 45.4 Å². The highest BCUT2D eigenvalue weighted by atomic mass is 16.8. The fourth-order valence-electron chi connectivity index (χ4n) is 1.25. The lowest BCUT2D eigenvalue weighted by Crippen LogP contribution is -2.37. The van der Waals surface area contributed by atoms with Crippen molar-refractivity contribution in [3.8, 4) is 0 Å². The molecule has 0 atom stereocenters. The quantitative estimate of drug-likeness (QED) is 0.509. The lowest BCUT2D eigenvalue weighted by atomic mass is 10.4. The number of ether oxygens (including phenoxy) is 6. The Bertz CT molecular complexity index is 243. The Kier molecular flexibility index (Phi) is 3.99. The van der Waals surface area contributed by atoms with Crippen LogP contribution >= 0.6 is 0 Å². The van der Waals surface area contributed by atoms with Crippen LogP contribution in [0.15, 0.2) is 0 Å². The van der Waals surface area contributed by atoms with Crippen LogP contribution < -0.4 is 0 Å². The van der Waals surface area contributed by atoms with E-state index in [1.54, 1.807) is 0 Å². The van der Waals surface area contributed by atoms with Crippen molar-refractivity contribution in [2.75, 3.05) is 33.2 Å². The number of rotatable bonds is 4. The summed E-state index contributed by atoms with van der Waals surface area (Å²) < 4.78 is 28.9. The second-order valence-electron chi connectivity index (χ2n) is 3.44. The molecule has 0 aliphatic carbocycles. The largest absolute Gasteiger partial charge is 0.508 e. The van der Waals surface area contributed by atoms with E-state index >= 15 is 0 Å². The Morgan fingerprint density at radius 1 is 0.824 bits per heavy atom. The highest BCUT2D eigenvalue weighted by molar-refractivity contribution is 5.60. The van der Waals surface area contributed by atoms with Crippen molar-refractivity contribution in [1.82, 2.24) is 0 Å². The van der Waals surface area contributed by atoms with Gasteiger partial charge in [0.15, 0.2) is 0 Å². The lowest BCUT2D eigenvalue weighted by molar-refractivity contribution is -0.178. The number of carbonyl (C=O) groups excluding carboxylic acids is 2. The molecule has 0 N–H and O–H groups in total. The van der Waals surface area contributed by atoms with E-state index in [0.29, 0.717) is 0 Å². The van der Waals surface area contributed by atoms with Crippen LogP contribution in [0.3, 0.4) is 0 Å². The first-order chi connectivity index (χ1) is 8.24. The maximum Gasteiger partial charge on any atom is 0.508 e. The van der Waals surface area contributed by atoms with Crippen molar-refractivity contribution in [1.29, 1.82) is 0 Å². The van der Waals surface area contributed by atoms with Gasteiger partial charge in [-0.3, -0.25) is 0 Å². The fraction of sp³-hybridized carbons (Fsp3) is 0.778. The van der Waals surface area contributed by atoms with Gasteiger partial charge in [0, 0.05) is 0 Å². The van der Waals surface area contributed by atoms with Gasteiger partial charge in [0.2, 0.25) is 0 Å². The molecule has 2 rings (SSSR count). The molecule has 8 nitrogen and oxygen atoms in total. The average molecular weight is 248 g/mol. The van der Waals surface area contributed by atoms with E-state index in [4.69, 9.17) is 9.47 Å². The highest BCUT2D eigenvalue weighted by Crippen LogP contribution is 2.07. The van der Waals surface area contributed by atoms with Crippen molar-refractivity contribution in [3.05, 3.63) is 0 Å². The van der Waals surface area contributed by atoms with Crippen LogP contribution in [0, 0.1) is 0 Å². The smallest absolute Gasteiger partial charge is 0.431 e. The van der Waals surface area contributed by atoms with Gasteiger partial charge in [-0.05, 0) is 0 Å². The Morgan fingerprint density at radius 3 is 1.53 bits per heavy atom. The number of hydrogen-bond donors (Lipinski definition) is 0. The number of carbonyl (C=O) groups is 2. The predicted octanol–water partition coefficient (Wildman–Crippen LogP) is 0.0479. The van der Waals surface area contributed by atoms with Gasteiger partial charge in [-0.15, -0.1) is 0 Å². The second-order valence-corrected chi connectivity index (χ2v) is 3.44. The number of cyclic esters (lactones) is 4. The summed E-state index contributed by atoms with van der Waals surface area (Å²) in [6.07, 6.45) is -2.09. The average Bonchev–Trinajstić information content (AvgIpc) is 2.34. The molecule has 0 unspecified atom stereocenters. The Hall–Kier alpha value is -1.54. The van der Waals surface area contributed by atoms with Gasteiger partial charge < -0.3 is 28.4 Å². The molecule has 0 saturated carbocycles. The maximum absolute atomic E-state index is 10.6. The third kappa shape index (κ3) is 3.75. The summed E-state index contributed by atoms with van der Waals surface area (Å²) >= 11 is 0. The summed E-state index contributed by atoms with van der Waals surface area (Å²) in [6, 6.07) is 0. The van der Waals surface area contributed by atoms with Crippen LogP contribution in [0.4, 0.5) is 9.59 Å². The molecule has 0 aromatic rings. The van der Waals surface area contributed by atoms with E-state index in [9.17, 15) is 9.59 Å². The van der Waals surface area contributed by atoms with Crippen LogP contribution in [0.25, 0.3) is 0 Å². The van der Waals surface area contributed by atoms with Gasteiger partial charge in [-0.2, -0.15) is 0 Å². The van der Waals surface area contributed by atoms with Crippen molar-refractivity contribution in [3.63, 3.8) is 0 Å². The van der Waals surface area contributed by atoms with E-state index in [0.717, 1.165) is 0 Å². The van der Waals surface area contributed by atoms with Crippen LogP contribution in [-0.2, 0) is 28.4 Å². The molecule has 0 amide bonds. The minimum absolute atomic E-state index is 0.0167. The van der Waals surface area contributed by atoms with Gasteiger partial charge in [-0.1, -0.05) is 0 Å². The molecule has 2 aliphatic heterocycles. The van der Waals surface area contributed by atoms with Gasteiger partial charge in [-0.25, -0.2) is 9.59 Å². The topological polar surface area (TPSA) is 89.5 Å². The van der Waals surface area contributed by atoms with Crippen LogP contribution in [0.5, 0.6) is 0 Å². The third-order valence-corrected chi connectivity index (χ3v) is 2.16. The van der Waals surface area contributed by atoms with E-state index < -0.39 is 12.3 Å². The molecule has 2 fully saturated rings. The molecule has 8 heteroatoms. The molecule has 2 heterocycles. The first kappa shape index (κ1) is 11.9. The van der Waals surface area contributed by atoms with E-state index in [1.807, 2.05) is 0 Å². The van der Waals surface area contributed by atoms with Gasteiger partial charge in [0.25, 0.3) is 0 Å². The van der Waals surface area contributed by atoms with Crippen molar-refractivity contribution in [2.45, 2.75) is 12.2 Å². The zero-order chi connectivity index (χ0) is 12.1. The summed E-state index contributed by atoms with van der Waals surface area (Å²) in [7, 11) is 0. The second kappa shape index (κ2) is 5.69. The molecule has 2 saturated heterocycles. The normalized spacial score (nSPS) is 22.4. The molecule has 0 radical (unpaired) electrons. The standard InChI is InChI=1S/C9H12O8/c10-8-12-1-6(2-13-8)16-5-17-7-3-14-9(11)15-4-7/h6-7H,1-5H2. The Morgan fingerprint density at radius 2 is 1.18 bits per heavy atom. The molecule has 0 aromatic heterocycles. The van der Waals surface area contributed by atoms with E-state index in [1.165, 1.54) is 0 Å². The molecule has 0 bridgehead atoms. The summed E-state index contributed by atoms with van der Waals surface area (Å²) in [5.41, 5.74) is 0. The van der Waals surface area contributed by atoms with Gasteiger partial charge in [0.05, 0.1) is 0 Å². The summed E-state index contributed by atoms with van der Waals surface area (Å²) in [6.45, 7) is 0.532. The zero-order valence-corrected chi connectivity index (χ0v) is 8.96. The van der Waals surface area contributed by atoms with E-state index in [-0.39, 0.29) is 45.4 Å². The molecule has 96 valence electrons. The summed E-state index contributed by atoms with van der Waals surface area (Å²) in [5, 5.41) is 0. The molecule has 0 aromatic carbocycles. The van der Waals surface area contributed by atoms with Crippen molar-refractivity contribution < 1.29 is 38.0 Å². The van der Waals surface area contributed by atoms with Crippen LogP contribution in [-0.4, -0.2) is 57.7 Å². The molecule has 2 aliphatic rings. The molecular formula is C9H12O8. The van der Waals surface area contributed by atoms with Crippen molar-refractivity contribution in [2.24, 2.45) is 0 Å². The van der Waals surface area contributed by atoms with Crippen molar-refractivity contribution >= 4 is 12.3 Å². The van der Waals surface area contributed by atoms with Crippen LogP contribution in [0.1, 0.15) is 0 Å². The molecular weight excluding hydrogens is 236 g/mol. The SMILES string of the molecule is O=C1OCC(OCOC2COC(=O)OC2)CO1. The summed E-state index contributed by atoms with van der Waals surface area (Å²) in [4.78, 5) is 21.1. The first-order valence-corrected chi connectivity index (χ1v) is 5.06. The maximum atomic E-state index is 10.6.